The van der Waals surface area contributed by atoms with Crippen LogP contribution in [0.2, 0.25) is 0 Å². The van der Waals surface area contributed by atoms with E-state index in [0.29, 0.717) is 5.01 Å². The highest BCUT2D eigenvalue weighted by molar-refractivity contribution is 7.20. The predicted octanol–water partition coefficient (Wildman–Crippen LogP) is 3.52. The van der Waals surface area contributed by atoms with Crippen molar-refractivity contribution < 1.29 is 14.0 Å². The number of oxime groups is 1. The normalized spacial score (nSPS) is 11.2. The maximum atomic E-state index is 13.5. The SMILES string of the molecule is N#C/C(=N\OC(=O)c1ccccc1F)c1nc2ccccc2s1. The monoisotopic (exact) mass is 325 g/mol. The molecule has 5 nitrogen and oxygen atoms in total. The molecule has 0 spiro atoms. The van der Waals surface area contributed by atoms with E-state index in [9.17, 15) is 9.18 Å². The minimum atomic E-state index is -0.975. The largest absolute Gasteiger partial charge is 0.368 e. The molecule has 1 aromatic heterocycles. The molecule has 3 aromatic rings. The van der Waals surface area contributed by atoms with Crippen LogP contribution in [0.4, 0.5) is 4.39 Å². The molecule has 112 valence electrons. The van der Waals surface area contributed by atoms with E-state index >= 15 is 0 Å². The van der Waals surface area contributed by atoms with Crippen molar-refractivity contribution in [3.8, 4) is 6.07 Å². The number of fused-ring (bicyclic) bond motifs is 1. The average molecular weight is 325 g/mol. The summed E-state index contributed by atoms with van der Waals surface area (Å²) in [7, 11) is 0. The lowest BCUT2D eigenvalue weighted by molar-refractivity contribution is 0.0512. The van der Waals surface area contributed by atoms with Crippen LogP contribution >= 0.6 is 11.3 Å². The van der Waals surface area contributed by atoms with Gasteiger partial charge in [-0.05, 0) is 24.3 Å². The van der Waals surface area contributed by atoms with Crippen LogP contribution in [0, 0.1) is 17.1 Å². The smallest absolute Gasteiger partial charge is 0.311 e. The molecular formula is C16H8FN3O2S. The van der Waals surface area contributed by atoms with Gasteiger partial charge in [-0.1, -0.05) is 29.4 Å². The van der Waals surface area contributed by atoms with Gasteiger partial charge in [-0.15, -0.1) is 11.3 Å². The lowest BCUT2D eigenvalue weighted by Gasteiger charge is -1.99. The molecule has 0 unspecified atom stereocenters. The van der Waals surface area contributed by atoms with Crippen molar-refractivity contribution >= 4 is 33.2 Å². The van der Waals surface area contributed by atoms with Crippen LogP contribution in [0.5, 0.6) is 0 Å². The number of halogens is 1. The fourth-order valence-corrected chi connectivity index (χ4v) is 2.74. The van der Waals surface area contributed by atoms with Gasteiger partial charge >= 0.3 is 5.97 Å². The van der Waals surface area contributed by atoms with Crippen LogP contribution in [-0.2, 0) is 4.84 Å². The molecule has 0 aliphatic carbocycles. The van der Waals surface area contributed by atoms with E-state index in [4.69, 9.17) is 5.26 Å². The van der Waals surface area contributed by atoms with Crippen molar-refractivity contribution in [2.45, 2.75) is 0 Å². The predicted molar refractivity (Wildman–Crippen MR) is 83.6 cm³/mol. The van der Waals surface area contributed by atoms with Gasteiger partial charge in [0.05, 0.1) is 15.8 Å². The molecular weight excluding hydrogens is 317 g/mol. The molecule has 1 heterocycles. The summed E-state index contributed by atoms with van der Waals surface area (Å²) in [5.41, 5.74) is 0.324. The Bertz CT molecular complexity index is 926. The quantitative estimate of drug-likeness (QED) is 0.419. The summed E-state index contributed by atoms with van der Waals surface area (Å²) >= 11 is 1.25. The lowest BCUT2D eigenvalue weighted by Crippen LogP contribution is -2.06. The van der Waals surface area contributed by atoms with Gasteiger partial charge in [0.2, 0.25) is 5.71 Å². The second-order valence-electron chi connectivity index (χ2n) is 4.40. The zero-order valence-corrected chi connectivity index (χ0v) is 12.4. The molecule has 0 bridgehead atoms. The number of carbonyl (C=O) groups is 1. The van der Waals surface area contributed by atoms with Crippen molar-refractivity contribution in [1.82, 2.24) is 4.98 Å². The van der Waals surface area contributed by atoms with E-state index in [2.05, 4.69) is 15.0 Å². The van der Waals surface area contributed by atoms with Gasteiger partial charge < -0.3 is 4.84 Å². The minimum absolute atomic E-state index is 0.143. The number of rotatable bonds is 3. The Labute approximate surface area is 134 Å². The van der Waals surface area contributed by atoms with Crippen LogP contribution < -0.4 is 0 Å². The number of thiazole rings is 1. The standard InChI is InChI=1S/C16H8FN3O2S/c17-11-6-2-1-5-10(11)16(21)22-20-13(9-18)15-19-12-7-3-4-8-14(12)23-15/h1-8H/b20-13+. The first-order valence-corrected chi connectivity index (χ1v) is 7.30. The van der Waals surface area contributed by atoms with Crippen LogP contribution in [-0.4, -0.2) is 16.7 Å². The zero-order chi connectivity index (χ0) is 16.2. The molecule has 0 saturated carbocycles. The van der Waals surface area contributed by atoms with E-state index in [1.54, 1.807) is 6.07 Å². The van der Waals surface area contributed by atoms with Crippen molar-refractivity contribution in [1.29, 1.82) is 5.26 Å². The highest BCUT2D eigenvalue weighted by atomic mass is 32.1. The third-order valence-corrected chi connectivity index (χ3v) is 3.96. The second-order valence-corrected chi connectivity index (χ2v) is 5.43. The molecule has 23 heavy (non-hydrogen) atoms. The summed E-state index contributed by atoms with van der Waals surface area (Å²) in [6.07, 6.45) is 0. The number of para-hydroxylation sites is 1. The molecule has 3 rings (SSSR count). The number of aromatic nitrogens is 1. The fourth-order valence-electron chi connectivity index (χ4n) is 1.84. The van der Waals surface area contributed by atoms with Gasteiger partial charge in [0.25, 0.3) is 0 Å². The first-order chi connectivity index (χ1) is 11.2. The van der Waals surface area contributed by atoms with Gasteiger partial charge in [0.15, 0.2) is 5.01 Å². The second kappa shape index (κ2) is 6.34. The molecule has 0 atom stereocenters. The van der Waals surface area contributed by atoms with E-state index < -0.39 is 11.8 Å². The number of hydrogen-bond acceptors (Lipinski definition) is 6. The van der Waals surface area contributed by atoms with Crippen LogP contribution in [0.3, 0.4) is 0 Å². The number of nitriles is 1. The number of nitrogens with zero attached hydrogens (tertiary/aromatic N) is 3. The summed E-state index contributed by atoms with van der Waals surface area (Å²) in [5, 5.41) is 13.0. The molecule has 0 aliphatic rings. The van der Waals surface area contributed by atoms with Crippen molar-refractivity contribution in [2.24, 2.45) is 5.16 Å². The number of benzene rings is 2. The van der Waals surface area contributed by atoms with Crippen molar-refractivity contribution in [2.75, 3.05) is 0 Å². The molecule has 0 radical (unpaired) electrons. The topological polar surface area (TPSA) is 75.3 Å². The first kappa shape index (κ1) is 14.8. The van der Waals surface area contributed by atoms with Gasteiger partial charge in [-0.25, -0.2) is 14.2 Å². The maximum absolute atomic E-state index is 13.5. The third-order valence-electron chi connectivity index (χ3n) is 2.92. The zero-order valence-electron chi connectivity index (χ0n) is 11.6. The van der Waals surface area contributed by atoms with Gasteiger partial charge in [0.1, 0.15) is 11.9 Å². The fraction of sp³-hybridized carbons (Fsp3) is 0. The van der Waals surface area contributed by atoms with Crippen LogP contribution in [0.25, 0.3) is 10.2 Å². The molecule has 0 fully saturated rings. The lowest BCUT2D eigenvalue weighted by atomic mass is 10.2. The van der Waals surface area contributed by atoms with E-state index in [0.717, 1.165) is 16.3 Å². The maximum Gasteiger partial charge on any atom is 0.368 e. The van der Waals surface area contributed by atoms with Gasteiger partial charge in [0, 0.05) is 0 Å². The summed E-state index contributed by atoms with van der Waals surface area (Å²) in [5.74, 6) is -1.69. The minimum Gasteiger partial charge on any atom is -0.311 e. The Morgan fingerprint density at radius 1 is 1.22 bits per heavy atom. The Kier molecular flexibility index (Phi) is 4.08. The molecule has 2 aromatic carbocycles. The summed E-state index contributed by atoms with van der Waals surface area (Å²) < 4.78 is 14.4. The van der Waals surface area contributed by atoms with Crippen LogP contribution in [0.15, 0.2) is 53.7 Å². The highest BCUT2D eigenvalue weighted by Crippen LogP contribution is 2.22. The number of hydrogen-bond donors (Lipinski definition) is 0. The average Bonchev–Trinajstić information content (AvgIpc) is 2.99. The van der Waals surface area contributed by atoms with Crippen molar-refractivity contribution in [3.63, 3.8) is 0 Å². The summed E-state index contributed by atoms with van der Waals surface area (Å²) in [6.45, 7) is 0. The molecule has 0 amide bonds. The highest BCUT2D eigenvalue weighted by Gasteiger charge is 2.15. The van der Waals surface area contributed by atoms with E-state index in [1.165, 1.54) is 29.5 Å². The van der Waals surface area contributed by atoms with Gasteiger partial charge in [-0.2, -0.15) is 5.26 Å². The first-order valence-electron chi connectivity index (χ1n) is 6.49. The molecule has 7 heteroatoms. The van der Waals surface area contributed by atoms with E-state index in [-0.39, 0.29) is 11.3 Å². The number of carbonyl (C=O) groups excluding carboxylic acids is 1. The Morgan fingerprint density at radius 3 is 2.70 bits per heavy atom. The third kappa shape index (κ3) is 3.07. The summed E-state index contributed by atoms with van der Waals surface area (Å²) in [4.78, 5) is 20.7. The molecule has 0 saturated heterocycles. The Hall–Kier alpha value is -3.11. The van der Waals surface area contributed by atoms with Gasteiger partial charge in [-0.3, -0.25) is 0 Å². The Morgan fingerprint density at radius 2 is 1.96 bits per heavy atom. The van der Waals surface area contributed by atoms with Crippen LogP contribution in [0.1, 0.15) is 15.4 Å². The van der Waals surface area contributed by atoms with E-state index in [1.807, 2.05) is 24.3 Å². The summed E-state index contributed by atoms with van der Waals surface area (Å²) in [6, 6.07) is 14.5. The van der Waals surface area contributed by atoms with Crippen molar-refractivity contribution in [3.05, 3.63) is 64.9 Å². The molecule has 0 aliphatic heterocycles. The Balaban J connectivity index is 1.86. The molecule has 0 N–H and O–H groups in total.